The molecule has 0 fully saturated rings. The number of hydrogen-bond donors (Lipinski definition) is 2. The molecule has 0 unspecified atom stereocenters. The number of aromatic nitrogens is 1. The van der Waals surface area contributed by atoms with Gasteiger partial charge in [-0.05, 0) is 24.6 Å². The van der Waals surface area contributed by atoms with Crippen LogP contribution in [-0.4, -0.2) is 24.0 Å². The summed E-state index contributed by atoms with van der Waals surface area (Å²) in [6, 6.07) is 14.2. The number of benzene rings is 1. The van der Waals surface area contributed by atoms with Gasteiger partial charge in [-0.15, -0.1) is 11.3 Å². The summed E-state index contributed by atoms with van der Waals surface area (Å²) >= 11 is 1.74. The molecule has 0 aliphatic heterocycles. The molecule has 5 nitrogen and oxygen atoms in total. The fraction of sp³-hybridized carbons (Fsp3) is 0.300. The molecule has 2 aromatic heterocycles. The first-order valence-corrected chi connectivity index (χ1v) is 9.61. The van der Waals surface area contributed by atoms with Crippen molar-refractivity contribution in [3.05, 3.63) is 76.1 Å². The number of nitrogens with zero attached hydrogens (tertiary/aromatic N) is 2. The third-order valence-electron chi connectivity index (χ3n) is 3.81. The van der Waals surface area contributed by atoms with E-state index in [1.807, 2.05) is 36.5 Å². The van der Waals surface area contributed by atoms with E-state index in [4.69, 9.17) is 9.41 Å². The highest BCUT2D eigenvalue weighted by atomic mass is 32.1. The zero-order valence-electron chi connectivity index (χ0n) is 14.9. The highest BCUT2D eigenvalue weighted by Gasteiger charge is 2.03. The molecule has 0 radical (unpaired) electrons. The molecule has 0 atom stereocenters. The van der Waals surface area contributed by atoms with E-state index in [1.165, 1.54) is 10.4 Å². The van der Waals surface area contributed by atoms with Gasteiger partial charge in [0.25, 0.3) is 0 Å². The number of aryl methyl sites for hydroxylation is 1. The number of nitrogens with one attached hydrogen (secondary N) is 2. The molecule has 0 spiro atoms. The summed E-state index contributed by atoms with van der Waals surface area (Å²) in [5, 5.41) is 7.93. The summed E-state index contributed by atoms with van der Waals surface area (Å²) in [5.74, 6) is 1.78. The minimum Gasteiger partial charge on any atom is -0.469 e. The smallest absolute Gasteiger partial charge is 0.191 e. The van der Waals surface area contributed by atoms with Crippen LogP contribution in [0.15, 0.2) is 64.3 Å². The Hall–Kier alpha value is -2.60. The van der Waals surface area contributed by atoms with Crippen LogP contribution in [0.2, 0.25) is 0 Å². The number of aliphatic imine (C=N–C) groups is 1. The maximum Gasteiger partial charge on any atom is 0.191 e. The van der Waals surface area contributed by atoms with Crippen molar-refractivity contribution in [2.45, 2.75) is 26.3 Å². The molecule has 2 N–H and O–H groups in total. The number of hydrogen-bond acceptors (Lipinski definition) is 4. The molecular weight excluding hydrogens is 344 g/mol. The van der Waals surface area contributed by atoms with Crippen LogP contribution in [0.5, 0.6) is 0 Å². The van der Waals surface area contributed by atoms with Crippen LogP contribution < -0.4 is 10.6 Å². The van der Waals surface area contributed by atoms with Gasteiger partial charge in [0.2, 0.25) is 0 Å². The van der Waals surface area contributed by atoms with E-state index in [2.05, 4.69) is 34.7 Å². The van der Waals surface area contributed by atoms with E-state index in [0.29, 0.717) is 6.54 Å². The Morgan fingerprint density at radius 3 is 2.58 bits per heavy atom. The summed E-state index contributed by atoms with van der Waals surface area (Å²) in [4.78, 5) is 10.3. The standard InChI is InChI=1S/C20H24N4OS/c1-16-14-23-19(26-16)10-12-22-20(21-11-9-18-8-5-13-25-18)24-15-17-6-3-2-4-7-17/h2-8,13-14H,9-12,15H2,1H3,(H2,21,22,24). The molecule has 0 saturated heterocycles. The van der Waals surface area contributed by atoms with Crippen LogP contribution in [0.25, 0.3) is 0 Å². The predicted molar refractivity (Wildman–Crippen MR) is 107 cm³/mol. The summed E-state index contributed by atoms with van der Waals surface area (Å²) in [5.41, 5.74) is 1.19. The SMILES string of the molecule is Cc1cnc(CCNC(=NCc2ccccc2)NCCc2ccco2)s1. The summed E-state index contributed by atoms with van der Waals surface area (Å²) < 4.78 is 5.38. The van der Waals surface area contributed by atoms with E-state index in [9.17, 15) is 0 Å². The molecule has 3 aromatic rings. The van der Waals surface area contributed by atoms with Crippen molar-refractivity contribution in [2.24, 2.45) is 4.99 Å². The second-order valence-electron chi connectivity index (χ2n) is 5.95. The van der Waals surface area contributed by atoms with Gasteiger partial charge >= 0.3 is 0 Å². The zero-order chi connectivity index (χ0) is 18.0. The maximum absolute atomic E-state index is 5.38. The fourth-order valence-corrected chi connectivity index (χ4v) is 3.28. The lowest BCUT2D eigenvalue weighted by Crippen LogP contribution is -2.39. The summed E-state index contributed by atoms with van der Waals surface area (Å²) in [6.45, 7) is 4.30. The van der Waals surface area contributed by atoms with E-state index in [-0.39, 0.29) is 0 Å². The molecule has 0 bridgehead atoms. The van der Waals surface area contributed by atoms with E-state index in [1.54, 1.807) is 17.6 Å². The third-order valence-corrected chi connectivity index (χ3v) is 4.78. The Labute approximate surface area is 158 Å². The van der Waals surface area contributed by atoms with E-state index < -0.39 is 0 Å². The van der Waals surface area contributed by atoms with Gasteiger partial charge in [0.15, 0.2) is 5.96 Å². The van der Waals surface area contributed by atoms with Gasteiger partial charge in [-0.1, -0.05) is 30.3 Å². The van der Waals surface area contributed by atoms with Crippen molar-refractivity contribution < 1.29 is 4.42 Å². The monoisotopic (exact) mass is 368 g/mol. The van der Waals surface area contributed by atoms with Gasteiger partial charge in [-0.25, -0.2) is 9.98 Å². The van der Waals surface area contributed by atoms with Crippen LogP contribution in [-0.2, 0) is 19.4 Å². The average molecular weight is 369 g/mol. The number of furan rings is 1. The Bertz CT molecular complexity index is 796. The van der Waals surface area contributed by atoms with Gasteiger partial charge in [-0.3, -0.25) is 0 Å². The first-order valence-electron chi connectivity index (χ1n) is 8.79. The average Bonchev–Trinajstić information content (AvgIpc) is 3.32. The molecule has 136 valence electrons. The topological polar surface area (TPSA) is 62.5 Å². The largest absolute Gasteiger partial charge is 0.469 e. The molecule has 1 aromatic carbocycles. The normalized spacial score (nSPS) is 11.5. The molecule has 0 saturated carbocycles. The highest BCUT2D eigenvalue weighted by molar-refractivity contribution is 7.11. The fourth-order valence-electron chi connectivity index (χ4n) is 2.49. The third kappa shape index (κ3) is 6.04. The van der Waals surface area contributed by atoms with Crippen molar-refractivity contribution in [1.82, 2.24) is 15.6 Å². The minimum atomic E-state index is 0.646. The number of thiazole rings is 1. The minimum absolute atomic E-state index is 0.646. The first kappa shape index (κ1) is 18.2. The molecule has 2 heterocycles. The maximum atomic E-state index is 5.38. The summed E-state index contributed by atoms with van der Waals surface area (Å²) in [6.07, 6.45) is 5.34. The Morgan fingerprint density at radius 2 is 1.88 bits per heavy atom. The van der Waals surface area contributed by atoms with Crippen molar-refractivity contribution in [3.63, 3.8) is 0 Å². The van der Waals surface area contributed by atoms with Gasteiger partial charge < -0.3 is 15.1 Å². The van der Waals surface area contributed by atoms with Crippen molar-refractivity contribution in [1.29, 1.82) is 0 Å². The molecule has 26 heavy (non-hydrogen) atoms. The quantitative estimate of drug-likeness (QED) is 0.471. The number of guanidine groups is 1. The lowest BCUT2D eigenvalue weighted by molar-refractivity contribution is 0.506. The van der Waals surface area contributed by atoms with Gasteiger partial charge in [0, 0.05) is 37.0 Å². The van der Waals surface area contributed by atoms with Crippen LogP contribution in [0.3, 0.4) is 0 Å². The van der Waals surface area contributed by atoms with E-state index >= 15 is 0 Å². The van der Waals surface area contributed by atoms with Crippen molar-refractivity contribution in [2.75, 3.05) is 13.1 Å². The van der Waals surface area contributed by atoms with Crippen LogP contribution in [0.1, 0.15) is 21.2 Å². The summed E-state index contributed by atoms with van der Waals surface area (Å²) in [7, 11) is 0. The van der Waals surface area contributed by atoms with Crippen LogP contribution in [0.4, 0.5) is 0 Å². The van der Waals surface area contributed by atoms with Gasteiger partial charge in [0.05, 0.1) is 17.8 Å². The Morgan fingerprint density at radius 1 is 1.08 bits per heavy atom. The van der Waals surface area contributed by atoms with Gasteiger partial charge in [0.1, 0.15) is 5.76 Å². The lowest BCUT2D eigenvalue weighted by atomic mass is 10.2. The second-order valence-corrected chi connectivity index (χ2v) is 7.27. The molecule has 3 rings (SSSR count). The molecule has 0 amide bonds. The molecular formula is C20H24N4OS. The second kappa shape index (κ2) is 9.77. The highest BCUT2D eigenvalue weighted by Crippen LogP contribution is 2.10. The molecule has 6 heteroatoms. The van der Waals surface area contributed by atoms with Crippen LogP contribution >= 0.6 is 11.3 Å². The number of rotatable bonds is 8. The zero-order valence-corrected chi connectivity index (χ0v) is 15.8. The van der Waals surface area contributed by atoms with Gasteiger partial charge in [-0.2, -0.15) is 0 Å². The van der Waals surface area contributed by atoms with Crippen molar-refractivity contribution in [3.8, 4) is 0 Å². The first-order chi connectivity index (χ1) is 12.8. The van der Waals surface area contributed by atoms with E-state index in [0.717, 1.165) is 42.7 Å². The van der Waals surface area contributed by atoms with Crippen molar-refractivity contribution >= 4 is 17.3 Å². The predicted octanol–water partition coefficient (Wildman–Crippen LogP) is 3.57. The van der Waals surface area contributed by atoms with Crippen LogP contribution in [0, 0.1) is 6.92 Å². The molecule has 0 aliphatic rings. The Balaban J connectivity index is 1.52. The molecule has 0 aliphatic carbocycles. The Kier molecular flexibility index (Phi) is 6.84. The lowest BCUT2D eigenvalue weighted by Gasteiger charge is -2.12.